The molecule has 3 saturated heterocycles. The standard InChI is InChI=1S/C27H31F3N4O4.C21H38N2O5.CH3NO/c1-24(2,3)38-22(36)20-7-5-4-6-18(20)13-34-14-19(12-31-34)21(35)32-11-10-25(15-32)16-33(17-25)23(37)26(8-9-26)27(28,29)30;1-16(27-15-21(5)8-6-17(24)7-9-21)14-18(25)22-10-12-23(13-11-22)19(26)28-20(2,3)4;2-1-3/h4-7,12,14H,8-11,13,15-17H2,1-3H3;16-17,24H,6-15H2,1-5H3;1H,(H2,2,3). The maximum absolute atomic E-state index is 13.3. The Bertz CT molecular complexity index is 2130. The number of benzene rings is 1. The molecule has 1 atom stereocenters. The first-order chi connectivity index (χ1) is 32.1. The highest BCUT2D eigenvalue weighted by atomic mass is 19.4. The number of rotatable bonds is 10. The average molecular weight is 976 g/mol. The number of nitrogens with two attached hydrogens (primary N) is 1. The van der Waals surface area contributed by atoms with Crippen molar-refractivity contribution in [3.63, 3.8) is 0 Å². The van der Waals surface area contributed by atoms with Crippen LogP contribution in [0.2, 0.25) is 0 Å². The van der Waals surface area contributed by atoms with Crippen LogP contribution in [0.1, 0.15) is 133 Å². The molecule has 3 aliphatic heterocycles. The molecule has 384 valence electrons. The Kier molecular flexibility index (Phi) is 17.3. The zero-order chi connectivity index (χ0) is 51.2. The molecule has 0 bridgehead atoms. The number of amides is 5. The number of alkyl halides is 3. The molecule has 5 fully saturated rings. The molecule has 7 rings (SSSR count). The molecule has 20 heteroatoms. The van der Waals surface area contributed by atoms with Crippen molar-refractivity contribution < 1.29 is 61.3 Å². The predicted molar refractivity (Wildman–Crippen MR) is 247 cm³/mol. The van der Waals surface area contributed by atoms with Crippen LogP contribution < -0.4 is 5.73 Å². The Morgan fingerprint density at radius 3 is 1.97 bits per heavy atom. The molecule has 17 nitrogen and oxygen atoms in total. The van der Waals surface area contributed by atoms with Crippen molar-refractivity contribution in [1.29, 1.82) is 0 Å². The van der Waals surface area contributed by atoms with Crippen molar-refractivity contribution in [3.8, 4) is 0 Å². The second-order valence-corrected chi connectivity index (χ2v) is 21.7. The van der Waals surface area contributed by atoms with Gasteiger partial charge in [-0.2, -0.15) is 18.3 Å². The molecule has 1 spiro atoms. The number of nitrogens with zero attached hydrogens (tertiary/aromatic N) is 6. The molecule has 2 saturated carbocycles. The normalized spacial score (nSPS) is 22.2. The van der Waals surface area contributed by atoms with E-state index in [-0.39, 0.29) is 79.8 Å². The third-order valence-corrected chi connectivity index (χ3v) is 13.2. The third-order valence-electron chi connectivity index (χ3n) is 13.2. The van der Waals surface area contributed by atoms with Crippen LogP contribution in [0.15, 0.2) is 36.7 Å². The summed E-state index contributed by atoms with van der Waals surface area (Å²) in [5.41, 5.74) is 2.09. The first-order valence-electron chi connectivity index (χ1n) is 23.8. The van der Waals surface area contributed by atoms with Gasteiger partial charge in [-0.3, -0.25) is 23.9 Å². The number of carbonyl (C=O) groups is 6. The Morgan fingerprint density at radius 2 is 1.41 bits per heavy atom. The highest BCUT2D eigenvalue weighted by Crippen LogP contribution is 2.60. The minimum absolute atomic E-state index is 0.0700. The van der Waals surface area contributed by atoms with Gasteiger partial charge in [0.2, 0.25) is 18.2 Å². The lowest BCUT2D eigenvalue weighted by Gasteiger charge is -2.49. The summed E-state index contributed by atoms with van der Waals surface area (Å²) in [7, 11) is 0. The number of aromatic nitrogens is 2. The predicted octanol–water partition coefficient (Wildman–Crippen LogP) is 5.81. The van der Waals surface area contributed by atoms with Crippen LogP contribution in [0.5, 0.6) is 0 Å². The molecule has 69 heavy (non-hydrogen) atoms. The Morgan fingerprint density at radius 1 is 0.841 bits per heavy atom. The van der Waals surface area contributed by atoms with Gasteiger partial charge in [0.05, 0.1) is 49.1 Å². The summed E-state index contributed by atoms with van der Waals surface area (Å²) >= 11 is 0. The van der Waals surface area contributed by atoms with E-state index in [4.69, 9.17) is 19.0 Å². The summed E-state index contributed by atoms with van der Waals surface area (Å²) in [6, 6.07) is 7.07. The van der Waals surface area contributed by atoms with Crippen LogP contribution in [0, 0.1) is 16.2 Å². The van der Waals surface area contributed by atoms with Gasteiger partial charge in [0.15, 0.2) is 0 Å². The first-order valence-corrected chi connectivity index (χ1v) is 23.8. The van der Waals surface area contributed by atoms with Crippen LogP contribution in [-0.4, -0.2) is 159 Å². The van der Waals surface area contributed by atoms with E-state index >= 15 is 0 Å². The van der Waals surface area contributed by atoms with Gasteiger partial charge < -0.3 is 44.7 Å². The fraction of sp³-hybridized carbons (Fsp3) is 0.694. The van der Waals surface area contributed by atoms with E-state index < -0.39 is 34.7 Å². The van der Waals surface area contributed by atoms with Gasteiger partial charge in [-0.25, -0.2) is 9.59 Å². The second-order valence-electron chi connectivity index (χ2n) is 21.7. The Hall–Kier alpha value is -5.24. The van der Waals surface area contributed by atoms with Crippen molar-refractivity contribution >= 4 is 36.2 Å². The minimum Gasteiger partial charge on any atom is -0.456 e. The van der Waals surface area contributed by atoms with E-state index in [2.05, 4.69) is 17.8 Å². The van der Waals surface area contributed by atoms with Crippen molar-refractivity contribution in [1.82, 2.24) is 29.4 Å². The summed E-state index contributed by atoms with van der Waals surface area (Å²) in [6.07, 6.45) is 2.48. The number of aliphatic hydroxyl groups is 1. The van der Waals surface area contributed by atoms with Gasteiger partial charge >= 0.3 is 18.2 Å². The number of primary amides is 1. The number of carbonyl (C=O) groups excluding carboxylic acids is 6. The largest absolute Gasteiger partial charge is 0.456 e. The molecule has 2 aliphatic carbocycles. The fourth-order valence-electron chi connectivity index (χ4n) is 9.11. The van der Waals surface area contributed by atoms with E-state index in [1.54, 1.807) is 64.5 Å². The highest BCUT2D eigenvalue weighted by molar-refractivity contribution is 5.94. The van der Waals surface area contributed by atoms with Crippen molar-refractivity contribution in [2.75, 3.05) is 59.0 Å². The number of likely N-dealkylation sites (tertiary alicyclic amines) is 2. The van der Waals surface area contributed by atoms with Crippen molar-refractivity contribution in [2.24, 2.45) is 22.0 Å². The van der Waals surface area contributed by atoms with Gasteiger partial charge in [-0.1, -0.05) is 25.1 Å². The number of piperazine rings is 1. The monoisotopic (exact) mass is 976 g/mol. The topological polar surface area (TPSA) is 207 Å². The summed E-state index contributed by atoms with van der Waals surface area (Å²) in [5.74, 6) is -1.41. The number of ether oxygens (including phenoxy) is 3. The van der Waals surface area contributed by atoms with Gasteiger partial charge in [-0.15, -0.1) is 0 Å². The molecule has 5 aliphatic rings. The fourth-order valence-corrected chi connectivity index (χ4v) is 9.11. The van der Waals surface area contributed by atoms with E-state index in [9.17, 15) is 42.3 Å². The second kappa shape index (κ2) is 21.8. The summed E-state index contributed by atoms with van der Waals surface area (Å²) in [6.45, 7) is 19.4. The highest BCUT2D eigenvalue weighted by Gasteiger charge is 2.71. The molecular formula is C49H72F3N7O10. The number of halogens is 3. The lowest BCUT2D eigenvalue weighted by molar-refractivity contribution is -0.204. The number of hydrogen-bond donors (Lipinski definition) is 2. The molecule has 4 heterocycles. The van der Waals surface area contributed by atoms with E-state index in [1.807, 2.05) is 33.8 Å². The smallest absolute Gasteiger partial charge is 0.410 e. The number of aliphatic hydroxyl groups excluding tert-OH is 1. The molecule has 0 radical (unpaired) electrons. The summed E-state index contributed by atoms with van der Waals surface area (Å²) in [5, 5.41) is 14.0. The van der Waals surface area contributed by atoms with Crippen LogP contribution >= 0.6 is 0 Å². The minimum atomic E-state index is -4.52. The lowest BCUT2D eigenvalue weighted by atomic mass is 9.75. The molecule has 3 N–H and O–H groups in total. The van der Waals surface area contributed by atoms with Gasteiger partial charge in [-0.05, 0) is 110 Å². The molecule has 1 aromatic heterocycles. The zero-order valence-corrected chi connectivity index (χ0v) is 41.4. The quantitative estimate of drug-likeness (QED) is 0.215. The van der Waals surface area contributed by atoms with Crippen LogP contribution in [0.25, 0.3) is 0 Å². The van der Waals surface area contributed by atoms with Crippen molar-refractivity contribution in [3.05, 3.63) is 53.3 Å². The maximum Gasteiger partial charge on any atom is 0.410 e. The Balaban J connectivity index is 0.000000255. The Labute approximate surface area is 403 Å². The van der Waals surface area contributed by atoms with Crippen LogP contribution in [-0.2, 0) is 35.1 Å². The van der Waals surface area contributed by atoms with E-state index in [0.29, 0.717) is 75.4 Å². The van der Waals surface area contributed by atoms with Gasteiger partial charge in [0, 0.05) is 64.0 Å². The first kappa shape index (κ1) is 54.7. The van der Waals surface area contributed by atoms with Gasteiger partial charge in [0.25, 0.3) is 5.91 Å². The lowest BCUT2D eigenvalue weighted by Crippen LogP contribution is -2.62. The SMILES string of the molecule is CC(C)(C)OC(=O)c1ccccc1Cn1cc(C(=O)N2CCC3(C2)CN(C(=O)C2(C(F)(F)F)CC2)C3)cn1.CC(CC(=O)N1CCN(C(=O)OC(C)(C)C)CC1)OCC1(C)CCC(O)CC1.NC=O. The number of esters is 1. The summed E-state index contributed by atoms with van der Waals surface area (Å²) in [4.78, 5) is 78.0. The zero-order valence-electron chi connectivity index (χ0n) is 41.4. The maximum atomic E-state index is 13.3. The van der Waals surface area contributed by atoms with Crippen molar-refractivity contribution in [2.45, 2.75) is 143 Å². The van der Waals surface area contributed by atoms with Gasteiger partial charge in [0.1, 0.15) is 16.6 Å². The third kappa shape index (κ3) is 14.6. The van der Waals surface area contributed by atoms with Crippen LogP contribution in [0.4, 0.5) is 18.0 Å². The number of hydrogen-bond acceptors (Lipinski definition) is 11. The molecule has 5 amide bonds. The molecular weight excluding hydrogens is 904 g/mol. The molecule has 1 aromatic carbocycles. The molecule has 2 aromatic rings. The average Bonchev–Trinajstić information content (AvgIpc) is 3.76. The van der Waals surface area contributed by atoms with Crippen LogP contribution in [0.3, 0.4) is 0 Å². The van der Waals surface area contributed by atoms with E-state index in [1.165, 1.54) is 11.1 Å². The molecule has 1 unspecified atom stereocenters. The summed E-state index contributed by atoms with van der Waals surface area (Å²) < 4.78 is 58.4. The van der Waals surface area contributed by atoms with E-state index in [0.717, 1.165) is 25.7 Å².